The van der Waals surface area contributed by atoms with Crippen LogP contribution in [-0.4, -0.2) is 18.2 Å². The lowest BCUT2D eigenvalue weighted by Crippen LogP contribution is -2.05. The van der Waals surface area contributed by atoms with E-state index in [1.807, 2.05) is 6.07 Å². The molecule has 0 amide bonds. The number of aromatic nitrogens is 2. The van der Waals surface area contributed by atoms with E-state index >= 15 is 0 Å². The summed E-state index contributed by atoms with van der Waals surface area (Å²) in [6.07, 6.45) is 0. The normalized spacial score (nSPS) is 10.9. The maximum absolute atomic E-state index is 11.5. The van der Waals surface area contributed by atoms with Crippen LogP contribution >= 0.6 is 0 Å². The Balaban J connectivity index is 3.67. The molecule has 1 aromatic heterocycles. The summed E-state index contributed by atoms with van der Waals surface area (Å²) in [5.74, 6) is 0. The first-order valence-electron chi connectivity index (χ1n) is 3.75. The first kappa shape index (κ1) is 10.5. The van der Waals surface area contributed by atoms with Gasteiger partial charge in [0.05, 0.1) is 5.69 Å². The van der Waals surface area contributed by atoms with E-state index in [1.54, 1.807) is 6.92 Å². The maximum Gasteiger partial charge on any atom is 0.217 e. The predicted molar refractivity (Wildman–Crippen MR) is 50.0 cm³/mol. The van der Waals surface area contributed by atoms with Crippen LogP contribution in [0.5, 0.6) is 0 Å². The molecular weight excluding hydrogens is 202 g/mol. The zero-order valence-electron chi connectivity index (χ0n) is 7.85. The van der Waals surface area contributed by atoms with Crippen LogP contribution in [0.25, 0.3) is 0 Å². The molecule has 0 atom stereocenters. The lowest BCUT2D eigenvalue weighted by atomic mass is 10.3. The van der Waals surface area contributed by atoms with Gasteiger partial charge < -0.3 is 0 Å². The van der Waals surface area contributed by atoms with Crippen LogP contribution in [-0.2, 0) is 16.9 Å². The van der Waals surface area contributed by atoms with Crippen molar-refractivity contribution in [3.8, 4) is 6.07 Å². The minimum atomic E-state index is -3.61. The quantitative estimate of drug-likeness (QED) is 0.714. The molecule has 0 aliphatic carbocycles. The van der Waals surface area contributed by atoms with E-state index < -0.39 is 9.84 Å². The third-order valence-corrected chi connectivity index (χ3v) is 3.22. The van der Waals surface area contributed by atoms with Gasteiger partial charge in [-0.15, -0.1) is 0 Å². The van der Waals surface area contributed by atoms with Crippen molar-refractivity contribution >= 4 is 9.84 Å². The van der Waals surface area contributed by atoms with Crippen molar-refractivity contribution in [2.75, 3.05) is 0 Å². The van der Waals surface area contributed by atoms with Crippen LogP contribution in [0.1, 0.15) is 11.3 Å². The molecule has 14 heavy (non-hydrogen) atoms. The predicted octanol–water partition coefficient (Wildman–Crippen LogP) is 0.517. The molecule has 0 N–H and O–H groups in total. The molecule has 0 radical (unpaired) electrons. The molecule has 1 heterocycles. The molecule has 0 fully saturated rings. The molecule has 0 saturated carbocycles. The molecular formula is C8H9N3O2S. The van der Waals surface area contributed by atoms with Gasteiger partial charge in [-0.1, -0.05) is 6.58 Å². The summed E-state index contributed by atoms with van der Waals surface area (Å²) in [4.78, 5) is 0. The van der Waals surface area contributed by atoms with Crippen LogP contribution < -0.4 is 0 Å². The van der Waals surface area contributed by atoms with Gasteiger partial charge in [0.1, 0.15) is 11.6 Å². The van der Waals surface area contributed by atoms with Crippen molar-refractivity contribution in [3.63, 3.8) is 0 Å². The van der Waals surface area contributed by atoms with Gasteiger partial charge in [0.25, 0.3) is 0 Å². The minimum absolute atomic E-state index is 0.0763. The number of rotatable bonds is 2. The minimum Gasteiger partial charge on any atom is -0.256 e. The molecule has 0 spiro atoms. The monoisotopic (exact) mass is 211 g/mol. The van der Waals surface area contributed by atoms with Gasteiger partial charge in [0.2, 0.25) is 9.84 Å². The van der Waals surface area contributed by atoms with Crippen LogP contribution in [0.3, 0.4) is 0 Å². The van der Waals surface area contributed by atoms with Gasteiger partial charge in [0.15, 0.2) is 5.03 Å². The molecule has 0 saturated heterocycles. The highest BCUT2D eigenvalue weighted by Crippen LogP contribution is 2.18. The Morgan fingerprint density at radius 2 is 2.21 bits per heavy atom. The van der Waals surface area contributed by atoms with Crippen molar-refractivity contribution in [1.29, 1.82) is 5.26 Å². The summed E-state index contributed by atoms with van der Waals surface area (Å²) in [7, 11) is -2.13. The van der Waals surface area contributed by atoms with Gasteiger partial charge in [0, 0.05) is 12.5 Å². The molecule has 5 nitrogen and oxygen atoms in total. The van der Waals surface area contributed by atoms with Crippen LogP contribution in [0.4, 0.5) is 0 Å². The SMILES string of the molecule is C=CS(=O)(=O)c1c(C#N)c(C)nn1C. The molecule has 0 unspecified atom stereocenters. The number of aryl methyl sites for hydroxylation is 2. The lowest BCUT2D eigenvalue weighted by Gasteiger charge is -1.98. The Morgan fingerprint density at radius 3 is 2.64 bits per heavy atom. The molecule has 6 heteroatoms. The zero-order valence-corrected chi connectivity index (χ0v) is 8.67. The smallest absolute Gasteiger partial charge is 0.217 e. The fourth-order valence-corrected chi connectivity index (χ4v) is 2.22. The van der Waals surface area contributed by atoms with Crippen LogP contribution in [0.15, 0.2) is 17.0 Å². The molecule has 74 valence electrons. The maximum atomic E-state index is 11.5. The highest BCUT2D eigenvalue weighted by molar-refractivity contribution is 7.94. The van der Waals surface area contributed by atoms with Crippen molar-refractivity contribution in [3.05, 3.63) is 23.2 Å². The van der Waals surface area contributed by atoms with Gasteiger partial charge >= 0.3 is 0 Å². The van der Waals surface area contributed by atoms with E-state index in [0.29, 0.717) is 5.69 Å². The third-order valence-electron chi connectivity index (χ3n) is 1.77. The van der Waals surface area contributed by atoms with Crippen molar-refractivity contribution in [1.82, 2.24) is 9.78 Å². The molecule has 0 aliphatic rings. The standard InChI is InChI=1S/C8H9N3O2S/c1-4-14(12,13)8-7(5-9)6(2)10-11(8)3/h4H,1H2,2-3H3. The Morgan fingerprint density at radius 1 is 1.64 bits per heavy atom. The first-order chi connectivity index (χ1) is 6.44. The summed E-state index contributed by atoms with van der Waals surface area (Å²) in [5.41, 5.74) is 0.475. The second-order valence-corrected chi connectivity index (χ2v) is 4.52. The number of hydrogen-bond acceptors (Lipinski definition) is 4. The second-order valence-electron chi connectivity index (χ2n) is 2.71. The van der Waals surface area contributed by atoms with E-state index in [1.165, 1.54) is 11.7 Å². The van der Waals surface area contributed by atoms with Crippen LogP contribution in [0, 0.1) is 18.3 Å². The number of sulfone groups is 1. The lowest BCUT2D eigenvalue weighted by molar-refractivity contribution is 0.584. The fraction of sp³-hybridized carbons (Fsp3) is 0.250. The molecule has 1 aromatic rings. The molecule has 0 aliphatic heterocycles. The largest absolute Gasteiger partial charge is 0.256 e. The van der Waals surface area contributed by atoms with Crippen molar-refractivity contribution in [2.45, 2.75) is 11.9 Å². The van der Waals surface area contributed by atoms with E-state index in [9.17, 15) is 8.42 Å². The van der Waals surface area contributed by atoms with Gasteiger partial charge in [-0.25, -0.2) is 8.42 Å². The van der Waals surface area contributed by atoms with E-state index in [2.05, 4.69) is 11.7 Å². The van der Waals surface area contributed by atoms with Gasteiger partial charge in [-0.05, 0) is 6.92 Å². The number of nitriles is 1. The first-order valence-corrected chi connectivity index (χ1v) is 5.30. The van der Waals surface area contributed by atoms with Crippen molar-refractivity contribution in [2.24, 2.45) is 7.05 Å². The Labute approximate surface area is 82.2 Å². The molecule has 0 aromatic carbocycles. The third kappa shape index (κ3) is 1.42. The molecule has 0 bridgehead atoms. The van der Waals surface area contributed by atoms with Crippen molar-refractivity contribution < 1.29 is 8.42 Å². The van der Waals surface area contributed by atoms with E-state index in [-0.39, 0.29) is 10.6 Å². The topological polar surface area (TPSA) is 75.8 Å². The van der Waals surface area contributed by atoms with Gasteiger partial charge in [-0.2, -0.15) is 10.4 Å². The summed E-state index contributed by atoms with van der Waals surface area (Å²) in [5, 5.41) is 13.3. The number of hydrogen-bond donors (Lipinski definition) is 0. The summed E-state index contributed by atoms with van der Waals surface area (Å²) >= 11 is 0. The number of nitrogens with zero attached hydrogens (tertiary/aromatic N) is 3. The highest BCUT2D eigenvalue weighted by atomic mass is 32.2. The molecule has 1 rings (SSSR count). The fourth-order valence-electron chi connectivity index (χ4n) is 1.17. The van der Waals surface area contributed by atoms with Crippen LogP contribution in [0.2, 0.25) is 0 Å². The Hall–Kier alpha value is -1.61. The average molecular weight is 211 g/mol. The van der Waals surface area contributed by atoms with Gasteiger partial charge in [-0.3, -0.25) is 4.68 Å². The van der Waals surface area contributed by atoms with E-state index in [0.717, 1.165) is 5.41 Å². The zero-order chi connectivity index (χ0) is 10.9. The second kappa shape index (κ2) is 3.27. The summed E-state index contributed by atoms with van der Waals surface area (Å²) in [6, 6.07) is 1.81. The average Bonchev–Trinajstić information content (AvgIpc) is 2.40. The Kier molecular flexibility index (Phi) is 2.45. The summed E-state index contributed by atoms with van der Waals surface area (Å²) < 4.78 is 24.1. The highest BCUT2D eigenvalue weighted by Gasteiger charge is 2.22. The summed E-state index contributed by atoms with van der Waals surface area (Å²) in [6.45, 7) is 4.78. The Bertz CT molecular complexity index is 520. The van der Waals surface area contributed by atoms with E-state index in [4.69, 9.17) is 5.26 Å².